The molecule has 0 radical (unpaired) electrons. The summed E-state index contributed by atoms with van der Waals surface area (Å²) in [5, 5.41) is 8.68. The van der Waals surface area contributed by atoms with E-state index in [0.29, 0.717) is 13.0 Å². The molecule has 0 heterocycles. The van der Waals surface area contributed by atoms with Crippen LogP contribution in [-0.2, 0) is 16.1 Å². The highest BCUT2D eigenvalue weighted by atomic mass is 16.6. The first-order valence-corrected chi connectivity index (χ1v) is 6.42. The van der Waals surface area contributed by atoms with E-state index in [-0.39, 0.29) is 19.6 Å². The number of ether oxygens (including phenoxy) is 1. The van der Waals surface area contributed by atoms with Gasteiger partial charge in [0.1, 0.15) is 6.61 Å². The second-order valence-electron chi connectivity index (χ2n) is 4.25. The van der Waals surface area contributed by atoms with Gasteiger partial charge in [-0.3, -0.25) is 4.79 Å². The van der Waals surface area contributed by atoms with Crippen LogP contribution in [0.1, 0.15) is 18.4 Å². The summed E-state index contributed by atoms with van der Waals surface area (Å²) in [6.45, 7) is 4.31. The molecular formula is C15H19NO4. The molecule has 20 heavy (non-hydrogen) atoms. The summed E-state index contributed by atoms with van der Waals surface area (Å²) in [4.78, 5) is 23.9. The van der Waals surface area contributed by atoms with Crippen molar-refractivity contribution in [2.75, 3.05) is 13.1 Å². The van der Waals surface area contributed by atoms with Gasteiger partial charge in [-0.15, -0.1) is 6.58 Å². The first kappa shape index (κ1) is 15.8. The molecule has 0 atom stereocenters. The van der Waals surface area contributed by atoms with Crippen molar-refractivity contribution in [2.24, 2.45) is 0 Å². The normalized spacial score (nSPS) is 9.80. The minimum atomic E-state index is -0.940. The molecule has 0 aliphatic rings. The average molecular weight is 277 g/mol. The highest BCUT2D eigenvalue weighted by molar-refractivity contribution is 5.70. The fourth-order valence-electron chi connectivity index (χ4n) is 1.58. The molecule has 5 nitrogen and oxygen atoms in total. The van der Waals surface area contributed by atoms with Gasteiger partial charge in [-0.05, 0) is 12.0 Å². The molecule has 0 unspecified atom stereocenters. The predicted molar refractivity (Wildman–Crippen MR) is 75.3 cm³/mol. The van der Waals surface area contributed by atoms with Crippen molar-refractivity contribution in [1.82, 2.24) is 4.90 Å². The number of carboxylic acid groups (broad SMARTS) is 1. The number of aliphatic carboxylic acids is 1. The fourth-order valence-corrected chi connectivity index (χ4v) is 1.58. The lowest BCUT2D eigenvalue weighted by atomic mass is 10.2. The van der Waals surface area contributed by atoms with Crippen LogP contribution in [0.4, 0.5) is 4.79 Å². The van der Waals surface area contributed by atoms with Crippen LogP contribution in [0.2, 0.25) is 0 Å². The van der Waals surface area contributed by atoms with Crippen LogP contribution < -0.4 is 0 Å². The Kier molecular flexibility index (Phi) is 6.89. The number of hydrogen-bond donors (Lipinski definition) is 1. The van der Waals surface area contributed by atoms with Gasteiger partial charge in [-0.2, -0.15) is 0 Å². The van der Waals surface area contributed by atoms with Gasteiger partial charge in [-0.25, -0.2) is 4.79 Å². The summed E-state index contributed by atoms with van der Waals surface area (Å²) in [7, 11) is 0. The van der Waals surface area contributed by atoms with Crippen LogP contribution in [0.15, 0.2) is 43.0 Å². The quantitative estimate of drug-likeness (QED) is 0.742. The van der Waals surface area contributed by atoms with E-state index >= 15 is 0 Å². The molecule has 0 fully saturated rings. The Hall–Kier alpha value is -2.30. The lowest BCUT2D eigenvalue weighted by Crippen LogP contribution is -2.34. The number of carboxylic acids is 1. The van der Waals surface area contributed by atoms with Gasteiger partial charge >= 0.3 is 12.1 Å². The highest BCUT2D eigenvalue weighted by Crippen LogP contribution is 2.05. The van der Waals surface area contributed by atoms with E-state index in [0.717, 1.165) is 5.56 Å². The molecule has 1 amide bonds. The number of carbonyl (C=O) groups excluding carboxylic acids is 1. The smallest absolute Gasteiger partial charge is 0.410 e. The van der Waals surface area contributed by atoms with Crippen LogP contribution in [0.3, 0.4) is 0 Å². The van der Waals surface area contributed by atoms with Crippen molar-refractivity contribution in [3.63, 3.8) is 0 Å². The second-order valence-corrected chi connectivity index (χ2v) is 4.25. The summed E-state index contributed by atoms with van der Waals surface area (Å²) in [6, 6.07) is 9.33. The Labute approximate surface area is 118 Å². The zero-order chi connectivity index (χ0) is 14.8. The molecule has 1 rings (SSSR count). The minimum absolute atomic E-state index is 0.0996. The third kappa shape index (κ3) is 6.04. The molecule has 0 bridgehead atoms. The Balaban J connectivity index is 2.48. The second kappa shape index (κ2) is 8.74. The van der Waals surface area contributed by atoms with E-state index in [1.807, 2.05) is 30.3 Å². The van der Waals surface area contributed by atoms with Gasteiger partial charge < -0.3 is 14.7 Å². The molecule has 1 aromatic rings. The van der Waals surface area contributed by atoms with E-state index < -0.39 is 12.1 Å². The first-order valence-electron chi connectivity index (χ1n) is 6.42. The van der Waals surface area contributed by atoms with Crippen molar-refractivity contribution in [3.8, 4) is 0 Å². The predicted octanol–water partition coefficient (Wildman–Crippen LogP) is 2.68. The van der Waals surface area contributed by atoms with Crippen LogP contribution in [0.25, 0.3) is 0 Å². The molecule has 0 saturated carbocycles. The summed E-state index contributed by atoms with van der Waals surface area (Å²) in [5.41, 5.74) is 0.891. The molecule has 5 heteroatoms. The summed E-state index contributed by atoms with van der Waals surface area (Å²) >= 11 is 0. The van der Waals surface area contributed by atoms with E-state index in [9.17, 15) is 9.59 Å². The Morgan fingerprint density at radius 3 is 2.55 bits per heavy atom. The van der Waals surface area contributed by atoms with Gasteiger partial charge in [0.2, 0.25) is 0 Å². The maximum Gasteiger partial charge on any atom is 0.410 e. The molecule has 1 aromatic carbocycles. The third-order valence-electron chi connectivity index (χ3n) is 2.66. The highest BCUT2D eigenvalue weighted by Gasteiger charge is 2.15. The van der Waals surface area contributed by atoms with Gasteiger partial charge in [0.15, 0.2) is 0 Å². The minimum Gasteiger partial charge on any atom is -0.481 e. The van der Waals surface area contributed by atoms with E-state index in [4.69, 9.17) is 9.84 Å². The Morgan fingerprint density at radius 2 is 1.95 bits per heavy atom. The van der Waals surface area contributed by atoms with Gasteiger partial charge in [0.25, 0.3) is 0 Å². The number of amides is 1. The number of rotatable bonds is 8. The lowest BCUT2D eigenvalue weighted by molar-refractivity contribution is -0.137. The molecule has 1 N–H and O–H groups in total. The molecule has 0 aromatic heterocycles. The van der Waals surface area contributed by atoms with E-state index in [2.05, 4.69) is 6.58 Å². The van der Waals surface area contributed by atoms with Crippen LogP contribution >= 0.6 is 0 Å². The van der Waals surface area contributed by atoms with E-state index in [1.54, 1.807) is 6.08 Å². The average Bonchev–Trinajstić information content (AvgIpc) is 2.45. The lowest BCUT2D eigenvalue weighted by Gasteiger charge is -2.20. The van der Waals surface area contributed by atoms with Gasteiger partial charge in [0, 0.05) is 13.1 Å². The van der Waals surface area contributed by atoms with Crippen molar-refractivity contribution in [3.05, 3.63) is 48.6 Å². The zero-order valence-corrected chi connectivity index (χ0v) is 11.3. The Morgan fingerprint density at radius 1 is 1.25 bits per heavy atom. The zero-order valence-electron chi connectivity index (χ0n) is 11.3. The Bertz CT molecular complexity index is 444. The van der Waals surface area contributed by atoms with Crippen molar-refractivity contribution >= 4 is 12.1 Å². The van der Waals surface area contributed by atoms with Crippen LogP contribution in [0.5, 0.6) is 0 Å². The van der Waals surface area contributed by atoms with Crippen LogP contribution in [0, 0.1) is 0 Å². The largest absolute Gasteiger partial charge is 0.481 e. The fraction of sp³-hybridized carbons (Fsp3) is 0.333. The maximum absolute atomic E-state index is 11.9. The maximum atomic E-state index is 11.9. The molecule has 108 valence electrons. The number of benzene rings is 1. The molecule has 0 aliphatic heterocycles. The van der Waals surface area contributed by atoms with Crippen molar-refractivity contribution in [2.45, 2.75) is 19.4 Å². The molecule has 0 saturated heterocycles. The number of carbonyl (C=O) groups is 2. The van der Waals surface area contributed by atoms with Crippen molar-refractivity contribution < 1.29 is 19.4 Å². The molecule has 0 aliphatic carbocycles. The monoisotopic (exact) mass is 277 g/mol. The molecule has 0 spiro atoms. The topological polar surface area (TPSA) is 66.8 Å². The van der Waals surface area contributed by atoms with Crippen molar-refractivity contribution in [1.29, 1.82) is 0 Å². The summed E-state index contributed by atoms with van der Waals surface area (Å²) < 4.78 is 5.18. The number of hydrogen-bond acceptors (Lipinski definition) is 3. The first-order chi connectivity index (χ1) is 9.63. The van der Waals surface area contributed by atoms with Gasteiger partial charge in [0.05, 0.1) is 6.42 Å². The SMILES string of the molecule is C=CCCN(CCC(=O)O)C(=O)OCc1ccccc1. The standard InChI is InChI=1S/C15H19NO4/c1-2-3-10-16(11-9-14(17)18)15(19)20-12-13-7-5-4-6-8-13/h2,4-8H,1,3,9-12H2,(H,17,18). The van der Waals surface area contributed by atoms with Crippen LogP contribution in [-0.4, -0.2) is 35.2 Å². The summed E-state index contributed by atoms with van der Waals surface area (Å²) in [6.07, 6.45) is 1.67. The van der Waals surface area contributed by atoms with Gasteiger partial charge in [-0.1, -0.05) is 36.4 Å². The summed E-state index contributed by atoms with van der Waals surface area (Å²) in [5.74, 6) is -0.940. The molecular weight excluding hydrogens is 258 g/mol. The number of nitrogens with zero attached hydrogens (tertiary/aromatic N) is 1. The third-order valence-corrected chi connectivity index (χ3v) is 2.66. The van der Waals surface area contributed by atoms with E-state index in [1.165, 1.54) is 4.90 Å².